The Morgan fingerprint density at radius 3 is 2.48 bits per heavy atom. The molecule has 1 atom stereocenters. The normalized spacial score (nSPS) is 12.7. The highest BCUT2D eigenvalue weighted by Crippen LogP contribution is 2.25. The number of carboxylic acid groups (broad SMARTS) is 1. The minimum Gasteiger partial charge on any atom is -0.475 e. The van der Waals surface area contributed by atoms with Crippen molar-refractivity contribution in [3.05, 3.63) is 54.3 Å². The van der Waals surface area contributed by atoms with Gasteiger partial charge in [-0.05, 0) is 12.1 Å². The second kappa shape index (κ2) is 8.26. The number of para-hydroxylation sites is 1. The summed E-state index contributed by atoms with van der Waals surface area (Å²) >= 11 is 0. The Bertz CT molecular complexity index is 866. The molecule has 0 spiro atoms. The number of nitrogens with zero attached hydrogens (tertiary/aromatic N) is 2. The molecule has 2 heterocycles. The van der Waals surface area contributed by atoms with Gasteiger partial charge >= 0.3 is 12.1 Å². The number of carbonyl (C=O) groups is 1. The molecule has 2 aromatic heterocycles. The molecule has 2 N–H and O–H groups in total. The first-order chi connectivity index (χ1) is 12.6. The van der Waals surface area contributed by atoms with Crippen LogP contribution in [-0.4, -0.2) is 31.9 Å². The number of imidazole rings is 1. The van der Waals surface area contributed by atoms with Crippen LogP contribution in [0.25, 0.3) is 11.0 Å². The van der Waals surface area contributed by atoms with Crippen LogP contribution in [0, 0.1) is 0 Å². The van der Waals surface area contributed by atoms with Gasteiger partial charge in [0.05, 0.1) is 6.54 Å². The minimum atomic E-state index is -5.08. The van der Waals surface area contributed by atoms with Crippen LogP contribution in [0.1, 0.15) is 37.5 Å². The second-order valence-electron chi connectivity index (χ2n) is 6.10. The predicted molar refractivity (Wildman–Crippen MR) is 91.2 cm³/mol. The van der Waals surface area contributed by atoms with Crippen molar-refractivity contribution in [3.63, 3.8) is 0 Å². The van der Waals surface area contributed by atoms with E-state index in [-0.39, 0.29) is 0 Å². The largest absolute Gasteiger partial charge is 0.490 e. The van der Waals surface area contributed by atoms with Crippen LogP contribution in [0.5, 0.6) is 0 Å². The van der Waals surface area contributed by atoms with Crippen LogP contribution in [0.3, 0.4) is 0 Å². The number of rotatable bonds is 4. The molecule has 3 rings (SSSR count). The predicted octanol–water partition coefficient (Wildman–Crippen LogP) is 4.12. The third-order valence-electron chi connectivity index (χ3n) is 3.65. The first-order valence-corrected chi connectivity index (χ1v) is 8.07. The highest BCUT2D eigenvalue weighted by atomic mass is 19.4. The summed E-state index contributed by atoms with van der Waals surface area (Å²) in [5.41, 5.74) is 0.802. The van der Waals surface area contributed by atoms with E-state index in [1.807, 2.05) is 41.1 Å². The quantitative estimate of drug-likeness (QED) is 0.706. The number of aliphatic hydroxyl groups is 1. The van der Waals surface area contributed by atoms with Gasteiger partial charge in [-0.1, -0.05) is 32.0 Å². The zero-order valence-corrected chi connectivity index (χ0v) is 14.6. The topological polar surface area (TPSA) is 88.5 Å². The van der Waals surface area contributed by atoms with Gasteiger partial charge in [-0.2, -0.15) is 13.2 Å². The average Bonchev–Trinajstić information content (AvgIpc) is 3.20. The molecule has 0 fully saturated rings. The number of furan rings is 1. The summed E-state index contributed by atoms with van der Waals surface area (Å²) in [6.45, 7) is 4.63. The van der Waals surface area contributed by atoms with Crippen molar-refractivity contribution in [3.8, 4) is 0 Å². The summed E-state index contributed by atoms with van der Waals surface area (Å²) < 4.78 is 39.4. The molecule has 0 aliphatic rings. The number of carboxylic acids is 1. The van der Waals surface area contributed by atoms with Gasteiger partial charge in [-0.15, -0.1) is 0 Å². The fraction of sp³-hybridized carbons (Fsp3) is 0.333. The number of alkyl halides is 3. The molecule has 0 saturated carbocycles. The molecule has 0 amide bonds. The fourth-order valence-corrected chi connectivity index (χ4v) is 2.42. The van der Waals surface area contributed by atoms with Gasteiger partial charge in [0, 0.05) is 23.7 Å². The van der Waals surface area contributed by atoms with E-state index in [9.17, 15) is 18.3 Å². The standard InChI is InChI=1S/C16H18N2O2.C2HF3O2/c1-11(2)16-17-7-8-18(16)10-13(19)15-9-12-5-3-4-6-14(12)20-15;3-2(4,5)1(6)7/h3-9,11,13,19H,10H2,1-2H3;(H,6,7). The lowest BCUT2D eigenvalue weighted by atomic mass is 10.2. The number of halogens is 3. The number of aromatic nitrogens is 2. The van der Waals surface area contributed by atoms with E-state index in [1.54, 1.807) is 6.20 Å². The summed E-state index contributed by atoms with van der Waals surface area (Å²) in [5, 5.41) is 18.5. The Labute approximate surface area is 152 Å². The van der Waals surface area contributed by atoms with Gasteiger partial charge in [0.2, 0.25) is 0 Å². The van der Waals surface area contributed by atoms with Crippen molar-refractivity contribution in [1.82, 2.24) is 9.55 Å². The Kier molecular flexibility index (Phi) is 6.27. The summed E-state index contributed by atoms with van der Waals surface area (Å²) in [6, 6.07) is 9.66. The molecule has 27 heavy (non-hydrogen) atoms. The van der Waals surface area contributed by atoms with E-state index in [2.05, 4.69) is 18.8 Å². The van der Waals surface area contributed by atoms with Gasteiger partial charge < -0.3 is 19.2 Å². The van der Waals surface area contributed by atoms with Gasteiger partial charge in [-0.25, -0.2) is 9.78 Å². The number of benzene rings is 1. The lowest BCUT2D eigenvalue weighted by Crippen LogP contribution is -2.21. The molecule has 6 nitrogen and oxygen atoms in total. The molecule has 0 radical (unpaired) electrons. The maximum absolute atomic E-state index is 10.6. The van der Waals surface area contributed by atoms with E-state index in [0.29, 0.717) is 18.2 Å². The molecule has 146 valence electrons. The molecule has 3 aromatic rings. The highest BCUT2D eigenvalue weighted by molar-refractivity contribution is 5.77. The van der Waals surface area contributed by atoms with Crippen molar-refractivity contribution >= 4 is 16.9 Å². The van der Waals surface area contributed by atoms with E-state index >= 15 is 0 Å². The smallest absolute Gasteiger partial charge is 0.475 e. The third-order valence-corrected chi connectivity index (χ3v) is 3.65. The lowest BCUT2D eigenvalue weighted by molar-refractivity contribution is -0.192. The van der Waals surface area contributed by atoms with Gasteiger partial charge in [0.25, 0.3) is 0 Å². The minimum absolute atomic E-state index is 0.327. The van der Waals surface area contributed by atoms with Crippen LogP contribution in [0.4, 0.5) is 13.2 Å². The zero-order valence-electron chi connectivity index (χ0n) is 14.6. The number of aliphatic hydroxyl groups excluding tert-OH is 1. The fourth-order valence-electron chi connectivity index (χ4n) is 2.42. The second-order valence-corrected chi connectivity index (χ2v) is 6.10. The molecule has 1 unspecified atom stereocenters. The lowest BCUT2D eigenvalue weighted by Gasteiger charge is -2.13. The van der Waals surface area contributed by atoms with Crippen LogP contribution in [0.2, 0.25) is 0 Å². The maximum Gasteiger partial charge on any atom is 0.490 e. The number of aliphatic carboxylic acids is 1. The molecule has 0 aliphatic heterocycles. The summed E-state index contributed by atoms with van der Waals surface area (Å²) in [4.78, 5) is 13.2. The maximum atomic E-state index is 10.6. The molecule has 1 aromatic carbocycles. The number of fused-ring (bicyclic) bond motifs is 1. The highest BCUT2D eigenvalue weighted by Gasteiger charge is 2.38. The van der Waals surface area contributed by atoms with E-state index in [1.165, 1.54) is 0 Å². The molecular weight excluding hydrogens is 365 g/mol. The van der Waals surface area contributed by atoms with Crippen molar-refractivity contribution in [2.24, 2.45) is 0 Å². The summed E-state index contributed by atoms with van der Waals surface area (Å²) in [5.74, 6) is -0.866. The van der Waals surface area contributed by atoms with Gasteiger partial charge in [0.15, 0.2) is 0 Å². The summed E-state index contributed by atoms with van der Waals surface area (Å²) in [7, 11) is 0. The number of hydrogen-bond donors (Lipinski definition) is 2. The van der Waals surface area contributed by atoms with Crippen LogP contribution >= 0.6 is 0 Å². The Morgan fingerprint density at radius 2 is 1.93 bits per heavy atom. The number of hydrogen-bond acceptors (Lipinski definition) is 4. The monoisotopic (exact) mass is 384 g/mol. The van der Waals surface area contributed by atoms with E-state index in [0.717, 1.165) is 16.8 Å². The molecule has 0 saturated heterocycles. The molecule has 0 bridgehead atoms. The third kappa shape index (κ3) is 5.33. The zero-order chi connectivity index (χ0) is 20.2. The van der Waals surface area contributed by atoms with Crippen LogP contribution in [0.15, 0.2) is 47.1 Å². The van der Waals surface area contributed by atoms with Gasteiger partial charge in [0.1, 0.15) is 23.3 Å². The van der Waals surface area contributed by atoms with Gasteiger partial charge in [-0.3, -0.25) is 0 Å². The van der Waals surface area contributed by atoms with Crippen molar-refractivity contribution < 1.29 is 32.6 Å². The van der Waals surface area contributed by atoms with Crippen LogP contribution in [-0.2, 0) is 11.3 Å². The van der Waals surface area contributed by atoms with Crippen molar-refractivity contribution in [2.45, 2.75) is 38.6 Å². The SMILES string of the molecule is CC(C)c1nccn1CC(O)c1cc2ccccc2o1.O=C(O)C(F)(F)F. The molecule has 9 heteroatoms. The Morgan fingerprint density at radius 1 is 1.30 bits per heavy atom. The van der Waals surface area contributed by atoms with Crippen molar-refractivity contribution in [1.29, 1.82) is 0 Å². The average molecular weight is 384 g/mol. The van der Waals surface area contributed by atoms with E-state index < -0.39 is 18.2 Å². The first-order valence-electron chi connectivity index (χ1n) is 8.07. The van der Waals surface area contributed by atoms with E-state index in [4.69, 9.17) is 14.3 Å². The van der Waals surface area contributed by atoms with Crippen LogP contribution < -0.4 is 0 Å². The van der Waals surface area contributed by atoms with Crippen molar-refractivity contribution in [2.75, 3.05) is 0 Å². The Balaban J connectivity index is 0.000000321. The first kappa shape index (κ1) is 20.5. The molecule has 0 aliphatic carbocycles. The Hall–Kier alpha value is -2.81. The molecular formula is C18H19F3N2O4. The summed E-state index contributed by atoms with van der Waals surface area (Å²) in [6.07, 6.45) is -2.10.